The van der Waals surface area contributed by atoms with Gasteiger partial charge in [-0.25, -0.2) is 4.79 Å². The molecule has 2 N–H and O–H groups in total. The van der Waals surface area contributed by atoms with Crippen molar-refractivity contribution in [3.05, 3.63) is 29.3 Å². The molecular formula is C16H18F3NO3. The van der Waals surface area contributed by atoms with Crippen molar-refractivity contribution < 1.29 is 27.9 Å². The zero-order valence-corrected chi connectivity index (χ0v) is 12.6. The van der Waals surface area contributed by atoms with E-state index in [1.807, 2.05) is 0 Å². The molecule has 0 radical (unpaired) electrons. The Hall–Kier alpha value is -2.05. The maximum absolute atomic E-state index is 12.6. The fourth-order valence-electron chi connectivity index (χ4n) is 2.91. The number of carboxylic acids is 1. The number of alkyl halides is 3. The van der Waals surface area contributed by atoms with E-state index >= 15 is 0 Å². The Labute approximate surface area is 131 Å². The second-order valence-corrected chi connectivity index (χ2v) is 5.91. The number of carbonyl (C=O) groups excluding carboxylic acids is 1. The Bertz CT molecular complexity index is 605. The fourth-order valence-corrected chi connectivity index (χ4v) is 2.91. The molecule has 4 nitrogen and oxygen atoms in total. The summed E-state index contributed by atoms with van der Waals surface area (Å²) in [6.45, 7) is 1.62. The highest BCUT2D eigenvalue weighted by Gasteiger charge is 2.42. The van der Waals surface area contributed by atoms with Gasteiger partial charge in [0.1, 0.15) is 0 Å². The number of amides is 1. The van der Waals surface area contributed by atoms with Crippen LogP contribution in [0.4, 0.5) is 18.9 Å². The van der Waals surface area contributed by atoms with Crippen LogP contribution in [0.2, 0.25) is 0 Å². The molecule has 0 heterocycles. The van der Waals surface area contributed by atoms with Crippen molar-refractivity contribution in [2.75, 3.05) is 5.32 Å². The van der Waals surface area contributed by atoms with E-state index < -0.39 is 24.0 Å². The standard InChI is InChI=1S/C16H18F3NO3/c1-9-8-12(6-7-13(9)15(22)23)20-14(21)10-2-4-11(5-3-10)16(17,18)19/h6-8,10-11H,2-5H2,1H3,(H,20,21)(H,22,23). The first-order chi connectivity index (χ1) is 10.7. The number of aromatic carboxylic acids is 1. The molecule has 2 rings (SSSR count). The smallest absolute Gasteiger partial charge is 0.391 e. The molecule has 1 aliphatic carbocycles. The molecule has 1 fully saturated rings. The third kappa shape index (κ3) is 4.24. The summed E-state index contributed by atoms with van der Waals surface area (Å²) in [5.41, 5.74) is 1.11. The van der Waals surface area contributed by atoms with E-state index in [0.29, 0.717) is 11.3 Å². The molecule has 0 spiro atoms. The molecule has 1 aromatic rings. The normalized spacial score (nSPS) is 21.7. The van der Waals surface area contributed by atoms with Crippen LogP contribution in [0.5, 0.6) is 0 Å². The summed E-state index contributed by atoms with van der Waals surface area (Å²) in [7, 11) is 0. The Morgan fingerprint density at radius 1 is 1.17 bits per heavy atom. The Balaban J connectivity index is 1.96. The maximum Gasteiger partial charge on any atom is 0.391 e. The van der Waals surface area contributed by atoms with E-state index in [1.165, 1.54) is 12.1 Å². The van der Waals surface area contributed by atoms with Crippen molar-refractivity contribution in [2.24, 2.45) is 11.8 Å². The number of rotatable bonds is 3. The minimum Gasteiger partial charge on any atom is -0.478 e. The largest absolute Gasteiger partial charge is 0.478 e. The number of nitrogens with one attached hydrogen (secondary N) is 1. The molecule has 0 aliphatic heterocycles. The number of carbonyl (C=O) groups is 2. The summed E-state index contributed by atoms with van der Waals surface area (Å²) in [6.07, 6.45) is -3.83. The molecule has 0 saturated heterocycles. The fraction of sp³-hybridized carbons (Fsp3) is 0.500. The Kier molecular flexibility index (Phi) is 4.97. The molecule has 1 aromatic carbocycles. The van der Waals surface area contributed by atoms with Crippen molar-refractivity contribution in [1.82, 2.24) is 0 Å². The van der Waals surface area contributed by atoms with Crippen LogP contribution in [0.15, 0.2) is 18.2 Å². The van der Waals surface area contributed by atoms with Gasteiger partial charge in [0.15, 0.2) is 0 Å². The molecule has 1 aliphatic rings. The number of carboxylic acid groups (broad SMARTS) is 1. The van der Waals surface area contributed by atoms with Crippen LogP contribution in [-0.2, 0) is 4.79 Å². The first kappa shape index (κ1) is 17.3. The highest BCUT2D eigenvalue weighted by atomic mass is 19.4. The zero-order chi connectivity index (χ0) is 17.2. The van der Waals surface area contributed by atoms with Crippen LogP contribution < -0.4 is 5.32 Å². The van der Waals surface area contributed by atoms with Gasteiger partial charge in [-0.05, 0) is 56.4 Å². The van der Waals surface area contributed by atoms with Crippen LogP contribution in [0.25, 0.3) is 0 Å². The summed E-state index contributed by atoms with van der Waals surface area (Å²) in [5, 5.41) is 11.6. The average Bonchev–Trinajstić information content (AvgIpc) is 2.46. The number of hydrogen-bond donors (Lipinski definition) is 2. The minimum absolute atomic E-state index is 0.0292. The third-order valence-electron chi connectivity index (χ3n) is 4.29. The van der Waals surface area contributed by atoms with Gasteiger partial charge >= 0.3 is 12.1 Å². The monoisotopic (exact) mass is 329 g/mol. The molecule has 1 amide bonds. The van der Waals surface area contributed by atoms with Gasteiger partial charge in [0.25, 0.3) is 0 Å². The lowest BCUT2D eigenvalue weighted by Crippen LogP contribution is -2.32. The number of aryl methyl sites for hydroxylation is 1. The van der Waals surface area contributed by atoms with E-state index in [4.69, 9.17) is 5.11 Å². The third-order valence-corrected chi connectivity index (χ3v) is 4.29. The van der Waals surface area contributed by atoms with Gasteiger partial charge < -0.3 is 10.4 Å². The summed E-state index contributed by atoms with van der Waals surface area (Å²) in [6, 6.07) is 4.42. The van der Waals surface area contributed by atoms with Gasteiger partial charge in [0.05, 0.1) is 11.5 Å². The van der Waals surface area contributed by atoms with E-state index in [-0.39, 0.29) is 37.2 Å². The van der Waals surface area contributed by atoms with Crippen molar-refractivity contribution in [2.45, 2.75) is 38.8 Å². The molecule has 126 valence electrons. The van der Waals surface area contributed by atoms with Crippen LogP contribution in [0.1, 0.15) is 41.6 Å². The minimum atomic E-state index is -4.19. The quantitative estimate of drug-likeness (QED) is 0.881. The second kappa shape index (κ2) is 6.60. The van der Waals surface area contributed by atoms with Gasteiger partial charge in [-0.2, -0.15) is 13.2 Å². The van der Waals surface area contributed by atoms with Crippen molar-refractivity contribution in [3.8, 4) is 0 Å². The molecule has 0 atom stereocenters. The highest BCUT2D eigenvalue weighted by molar-refractivity contribution is 5.94. The Morgan fingerprint density at radius 2 is 1.78 bits per heavy atom. The van der Waals surface area contributed by atoms with E-state index in [2.05, 4.69) is 5.32 Å². The van der Waals surface area contributed by atoms with E-state index in [1.54, 1.807) is 13.0 Å². The van der Waals surface area contributed by atoms with Gasteiger partial charge in [-0.1, -0.05) is 0 Å². The first-order valence-electron chi connectivity index (χ1n) is 7.40. The molecular weight excluding hydrogens is 311 g/mol. The lowest BCUT2D eigenvalue weighted by Gasteiger charge is -2.29. The Morgan fingerprint density at radius 3 is 2.26 bits per heavy atom. The molecule has 0 bridgehead atoms. The molecule has 23 heavy (non-hydrogen) atoms. The second-order valence-electron chi connectivity index (χ2n) is 5.91. The lowest BCUT2D eigenvalue weighted by atomic mass is 9.81. The molecule has 1 saturated carbocycles. The average molecular weight is 329 g/mol. The summed E-state index contributed by atoms with van der Waals surface area (Å²) < 4.78 is 37.8. The zero-order valence-electron chi connectivity index (χ0n) is 12.6. The van der Waals surface area contributed by atoms with Crippen molar-refractivity contribution in [1.29, 1.82) is 0 Å². The topological polar surface area (TPSA) is 66.4 Å². The first-order valence-corrected chi connectivity index (χ1v) is 7.40. The van der Waals surface area contributed by atoms with E-state index in [9.17, 15) is 22.8 Å². The van der Waals surface area contributed by atoms with Crippen LogP contribution in [0.3, 0.4) is 0 Å². The lowest BCUT2D eigenvalue weighted by molar-refractivity contribution is -0.184. The summed E-state index contributed by atoms with van der Waals surface area (Å²) in [5.74, 6) is -3.12. The van der Waals surface area contributed by atoms with Gasteiger partial charge in [-0.3, -0.25) is 4.79 Å². The molecule has 7 heteroatoms. The SMILES string of the molecule is Cc1cc(NC(=O)C2CCC(C(F)(F)F)CC2)ccc1C(=O)O. The van der Waals surface area contributed by atoms with Crippen LogP contribution in [0, 0.1) is 18.8 Å². The van der Waals surface area contributed by atoms with Gasteiger partial charge in [0, 0.05) is 11.6 Å². The molecule has 0 aromatic heterocycles. The number of halogens is 3. The van der Waals surface area contributed by atoms with E-state index in [0.717, 1.165) is 0 Å². The van der Waals surface area contributed by atoms with Crippen LogP contribution in [-0.4, -0.2) is 23.2 Å². The maximum atomic E-state index is 12.6. The number of anilines is 1. The summed E-state index contributed by atoms with van der Waals surface area (Å²) in [4.78, 5) is 23.1. The van der Waals surface area contributed by atoms with Gasteiger partial charge in [-0.15, -0.1) is 0 Å². The van der Waals surface area contributed by atoms with Gasteiger partial charge in [0.2, 0.25) is 5.91 Å². The van der Waals surface area contributed by atoms with Crippen molar-refractivity contribution >= 4 is 17.6 Å². The predicted octanol–water partition coefficient (Wildman–Crippen LogP) is 4.00. The highest BCUT2D eigenvalue weighted by Crippen LogP contribution is 2.39. The number of hydrogen-bond acceptors (Lipinski definition) is 2. The van der Waals surface area contributed by atoms with Crippen molar-refractivity contribution in [3.63, 3.8) is 0 Å². The van der Waals surface area contributed by atoms with Crippen LogP contribution >= 0.6 is 0 Å². The number of benzene rings is 1. The summed E-state index contributed by atoms with van der Waals surface area (Å²) >= 11 is 0. The predicted molar refractivity (Wildman–Crippen MR) is 78.3 cm³/mol. The molecule has 0 unspecified atom stereocenters.